The standard InChI is InChI=1S/C20H23Cl2N3O2/c1-27-19-9-7-16(12-24-19)23-11-13-2-5-15(6-3-13)25-20(26)17-10-14(21)4-8-18(17)22/h4,7-10,12-13,15,23H,2-3,5-6,11H2,1H3,(H,25,26)/t13-,15-. The fraction of sp³-hybridized carbons (Fsp3) is 0.400. The van der Waals surface area contributed by atoms with Crippen LogP contribution in [0, 0.1) is 5.92 Å². The lowest BCUT2D eigenvalue weighted by Gasteiger charge is -2.29. The molecule has 1 fully saturated rings. The zero-order valence-corrected chi connectivity index (χ0v) is 16.7. The lowest BCUT2D eigenvalue weighted by Crippen LogP contribution is -2.38. The predicted octanol–water partition coefficient (Wildman–Crippen LogP) is 4.80. The Morgan fingerprint density at radius 1 is 1.19 bits per heavy atom. The highest BCUT2D eigenvalue weighted by molar-refractivity contribution is 6.35. The molecule has 0 atom stereocenters. The number of methoxy groups -OCH3 is 1. The topological polar surface area (TPSA) is 63.2 Å². The molecule has 144 valence electrons. The number of anilines is 1. The quantitative estimate of drug-likeness (QED) is 0.721. The van der Waals surface area contributed by atoms with Crippen molar-refractivity contribution in [3.63, 3.8) is 0 Å². The number of amides is 1. The molecule has 0 unspecified atom stereocenters. The molecule has 1 aliphatic carbocycles. The number of pyridine rings is 1. The van der Waals surface area contributed by atoms with E-state index in [-0.39, 0.29) is 11.9 Å². The minimum atomic E-state index is -0.159. The van der Waals surface area contributed by atoms with Gasteiger partial charge in [0, 0.05) is 23.7 Å². The number of hydrogen-bond donors (Lipinski definition) is 2. The first-order chi connectivity index (χ1) is 13.0. The molecule has 2 aromatic rings. The smallest absolute Gasteiger partial charge is 0.253 e. The van der Waals surface area contributed by atoms with Crippen LogP contribution in [0.2, 0.25) is 10.0 Å². The van der Waals surface area contributed by atoms with Crippen LogP contribution in [0.15, 0.2) is 36.5 Å². The summed E-state index contributed by atoms with van der Waals surface area (Å²) < 4.78 is 5.06. The van der Waals surface area contributed by atoms with Crippen molar-refractivity contribution in [2.75, 3.05) is 19.0 Å². The monoisotopic (exact) mass is 407 g/mol. The molecule has 0 bridgehead atoms. The maximum absolute atomic E-state index is 12.4. The maximum atomic E-state index is 12.4. The summed E-state index contributed by atoms with van der Waals surface area (Å²) in [6, 6.07) is 8.92. The summed E-state index contributed by atoms with van der Waals surface area (Å²) in [6.07, 6.45) is 5.81. The van der Waals surface area contributed by atoms with E-state index < -0.39 is 0 Å². The average Bonchev–Trinajstić information content (AvgIpc) is 2.69. The summed E-state index contributed by atoms with van der Waals surface area (Å²) >= 11 is 12.1. The zero-order chi connectivity index (χ0) is 19.2. The number of carbonyl (C=O) groups excluding carboxylic acids is 1. The lowest BCUT2D eigenvalue weighted by molar-refractivity contribution is 0.0923. The second-order valence-corrected chi connectivity index (χ2v) is 7.63. The van der Waals surface area contributed by atoms with E-state index in [1.807, 2.05) is 12.1 Å². The van der Waals surface area contributed by atoms with Gasteiger partial charge in [0.2, 0.25) is 5.88 Å². The average molecular weight is 408 g/mol. The van der Waals surface area contributed by atoms with Gasteiger partial charge in [0.25, 0.3) is 5.91 Å². The third-order valence-corrected chi connectivity index (χ3v) is 5.46. The molecule has 1 aliphatic rings. The van der Waals surface area contributed by atoms with Gasteiger partial charge in [-0.2, -0.15) is 0 Å². The fourth-order valence-electron chi connectivity index (χ4n) is 3.31. The summed E-state index contributed by atoms with van der Waals surface area (Å²) in [6.45, 7) is 0.898. The van der Waals surface area contributed by atoms with Crippen molar-refractivity contribution < 1.29 is 9.53 Å². The number of ether oxygens (including phenoxy) is 1. The Labute approximate surface area is 169 Å². The first kappa shape index (κ1) is 19.8. The first-order valence-electron chi connectivity index (χ1n) is 9.05. The van der Waals surface area contributed by atoms with Gasteiger partial charge in [-0.05, 0) is 55.9 Å². The maximum Gasteiger partial charge on any atom is 0.253 e. The summed E-state index contributed by atoms with van der Waals surface area (Å²) in [7, 11) is 1.60. The molecule has 0 aliphatic heterocycles. The zero-order valence-electron chi connectivity index (χ0n) is 15.2. The SMILES string of the molecule is COc1ccc(NC[C@H]2CC[C@H](NC(=O)c3cc(Cl)ccc3Cl)CC2)cn1. The Morgan fingerprint density at radius 2 is 1.96 bits per heavy atom. The Morgan fingerprint density at radius 3 is 2.63 bits per heavy atom. The van der Waals surface area contributed by atoms with Crippen LogP contribution < -0.4 is 15.4 Å². The number of rotatable bonds is 6. The number of hydrogen-bond acceptors (Lipinski definition) is 4. The summed E-state index contributed by atoms with van der Waals surface area (Å²) in [5.74, 6) is 1.03. The molecule has 1 amide bonds. The van der Waals surface area contributed by atoms with Gasteiger partial charge in [-0.25, -0.2) is 4.98 Å². The Kier molecular flexibility index (Phi) is 6.80. The predicted molar refractivity (Wildman–Crippen MR) is 109 cm³/mol. The van der Waals surface area contributed by atoms with Crippen LogP contribution in [0.25, 0.3) is 0 Å². The number of nitrogens with one attached hydrogen (secondary N) is 2. The van der Waals surface area contributed by atoms with Crippen molar-refractivity contribution in [1.82, 2.24) is 10.3 Å². The summed E-state index contributed by atoms with van der Waals surface area (Å²) in [5, 5.41) is 7.43. The molecule has 1 aromatic heterocycles. The van der Waals surface area contributed by atoms with E-state index in [2.05, 4.69) is 15.6 Å². The van der Waals surface area contributed by atoms with E-state index in [0.29, 0.717) is 27.4 Å². The largest absolute Gasteiger partial charge is 0.481 e. The molecule has 27 heavy (non-hydrogen) atoms. The third kappa shape index (κ3) is 5.50. The van der Waals surface area contributed by atoms with Crippen LogP contribution >= 0.6 is 23.2 Å². The number of benzene rings is 1. The van der Waals surface area contributed by atoms with E-state index in [1.54, 1.807) is 31.5 Å². The van der Waals surface area contributed by atoms with Crippen LogP contribution in [0.5, 0.6) is 5.88 Å². The van der Waals surface area contributed by atoms with Crippen molar-refractivity contribution in [2.24, 2.45) is 5.92 Å². The molecule has 0 spiro atoms. The van der Waals surface area contributed by atoms with Crippen molar-refractivity contribution in [1.29, 1.82) is 0 Å². The van der Waals surface area contributed by atoms with E-state index in [0.717, 1.165) is 37.9 Å². The van der Waals surface area contributed by atoms with Gasteiger partial charge in [0.15, 0.2) is 0 Å². The number of aromatic nitrogens is 1. The van der Waals surface area contributed by atoms with Crippen LogP contribution in [0.3, 0.4) is 0 Å². The van der Waals surface area contributed by atoms with Crippen LogP contribution in [0.4, 0.5) is 5.69 Å². The molecule has 1 heterocycles. The van der Waals surface area contributed by atoms with Gasteiger partial charge in [0.05, 0.1) is 29.6 Å². The Hall–Kier alpha value is -1.98. The summed E-state index contributed by atoms with van der Waals surface area (Å²) in [5.41, 5.74) is 1.42. The highest BCUT2D eigenvalue weighted by Gasteiger charge is 2.23. The molecular formula is C20H23Cl2N3O2. The van der Waals surface area contributed by atoms with Gasteiger partial charge in [-0.1, -0.05) is 23.2 Å². The molecule has 0 radical (unpaired) electrons. The van der Waals surface area contributed by atoms with E-state index in [1.165, 1.54) is 0 Å². The third-order valence-electron chi connectivity index (χ3n) is 4.90. The molecule has 1 saturated carbocycles. The van der Waals surface area contributed by atoms with Gasteiger partial charge >= 0.3 is 0 Å². The molecule has 2 N–H and O–H groups in total. The van der Waals surface area contributed by atoms with E-state index in [9.17, 15) is 4.79 Å². The van der Waals surface area contributed by atoms with Gasteiger partial charge in [-0.3, -0.25) is 4.79 Å². The minimum absolute atomic E-state index is 0.159. The molecule has 0 saturated heterocycles. The highest BCUT2D eigenvalue weighted by Crippen LogP contribution is 2.26. The molecular weight excluding hydrogens is 385 g/mol. The minimum Gasteiger partial charge on any atom is -0.481 e. The second kappa shape index (κ2) is 9.29. The Bertz CT molecular complexity index is 775. The number of halogens is 2. The molecule has 5 nitrogen and oxygen atoms in total. The normalized spacial score (nSPS) is 19.4. The first-order valence-corrected chi connectivity index (χ1v) is 9.80. The van der Waals surface area contributed by atoms with Gasteiger partial charge in [0.1, 0.15) is 0 Å². The number of nitrogens with zero attached hydrogens (tertiary/aromatic N) is 1. The van der Waals surface area contributed by atoms with Crippen LogP contribution in [-0.2, 0) is 0 Å². The Balaban J connectivity index is 1.44. The van der Waals surface area contributed by atoms with Crippen molar-refractivity contribution in [2.45, 2.75) is 31.7 Å². The van der Waals surface area contributed by atoms with Crippen LogP contribution in [0.1, 0.15) is 36.0 Å². The van der Waals surface area contributed by atoms with Gasteiger partial charge in [-0.15, -0.1) is 0 Å². The van der Waals surface area contributed by atoms with Gasteiger partial charge < -0.3 is 15.4 Å². The van der Waals surface area contributed by atoms with Crippen molar-refractivity contribution in [3.05, 3.63) is 52.1 Å². The highest BCUT2D eigenvalue weighted by atomic mass is 35.5. The molecule has 1 aromatic carbocycles. The molecule has 7 heteroatoms. The lowest BCUT2D eigenvalue weighted by atomic mass is 9.86. The van der Waals surface area contributed by atoms with E-state index >= 15 is 0 Å². The van der Waals surface area contributed by atoms with E-state index in [4.69, 9.17) is 27.9 Å². The van der Waals surface area contributed by atoms with Crippen molar-refractivity contribution in [3.8, 4) is 5.88 Å². The van der Waals surface area contributed by atoms with Crippen LogP contribution in [-0.4, -0.2) is 30.6 Å². The van der Waals surface area contributed by atoms with Crippen molar-refractivity contribution >= 4 is 34.8 Å². The fourth-order valence-corrected chi connectivity index (χ4v) is 3.69. The second-order valence-electron chi connectivity index (χ2n) is 6.79. The summed E-state index contributed by atoms with van der Waals surface area (Å²) in [4.78, 5) is 16.6. The molecule has 3 rings (SSSR count). The number of carbonyl (C=O) groups is 1.